The fourth-order valence-corrected chi connectivity index (χ4v) is 2.36. The number of carboxylic acids is 1. The molecule has 3 N–H and O–H groups in total. The van der Waals surface area contributed by atoms with Crippen LogP contribution in [0.25, 0.3) is 0 Å². The molecular weight excluding hydrogens is 326 g/mol. The fraction of sp³-hybridized carbons (Fsp3) is 0.529. The van der Waals surface area contributed by atoms with Crippen molar-refractivity contribution in [3.05, 3.63) is 39.9 Å². The van der Waals surface area contributed by atoms with Gasteiger partial charge < -0.3 is 15.7 Å². The van der Waals surface area contributed by atoms with Crippen LogP contribution in [0.2, 0.25) is 0 Å². The van der Waals surface area contributed by atoms with Gasteiger partial charge in [-0.15, -0.1) is 0 Å². The average molecular weight is 351 g/mol. The van der Waals surface area contributed by atoms with Gasteiger partial charge in [0.2, 0.25) is 5.91 Å². The van der Waals surface area contributed by atoms with E-state index in [2.05, 4.69) is 10.6 Å². The van der Waals surface area contributed by atoms with Gasteiger partial charge >= 0.3 is 5.97 Å². The molecule has 1 aromatic rings. The predicted molar refractivity (Wildman–Crippen MR) is 93.1 cm³/mol. The minimum absolute atomic E-state index is 0.0164. The second-order valence-corrected chi connectivity index (χ2v) is 6.28. The van der Waals surface area contributed by atoms with E-state index in [1.165, 1.54) is 12.1 Å². The maximum absolute atomic E-state index is 12.4. The molecule has 0 fully saturated rings. The summed E-state index contributed by atoms with van der Waals surface area (Å²) in [6.45, 7) is 4.64. The lowest BCUT2D eigenvalue weighted by atomic mass is 10.0. The third-order valence-electron chi connectivity index (χ3n) is 3.57. The molecule has 0 aliphatic heterocycles. The molecule has 0 heterocycles. The van der Waals surface area contributed by atoms with Crippen LogP contribution in [0, 0.1) is 16.0 Å². The van der Waals surface area contributed by atoms with Gasteiger partial charge in [-0.2, -0.15) is 0 Å². The number of rotatable bonds is 11. The van der Waals surface area contributed by atoms with Gasteiger partial charge in [0.25, 0.3) is 5.69 Å². The molecule has 1 aromatic carbocycles. The second kappa shape index (κ2) is 10.4. The maximum atomic E-state index is 12.4. The largest absolute Gasteiger partial charge is 0.481 e. The summed E-state index contributed by atoms with van der Waals surface area (Å²) in [6, 6.07) is 5.70. The number of carboxylic acid groups (broad SMARTS) is 1. The van der Waals surface area contributed by atoms with Crippen molar-refractivity contribution < 1.29 is 19.6 Å². The van der Waals surface area contributed by atoms with E-state index in [-0.39, 0.29) is 24.6 Å². The lowest BCUT2D eigenvalue weighted by molar-refractivity contribution is -0.384. The number of nitrogens with zero attached hydrogens (tertiary/aromatic N) is 1. The lowest BCUT2D eigenvalue weighted by Crippen LogP contribution is -2.45. The van der Waals surface area contributed by atoms with Crippen molar-refractivity contribution >= 4 is 17.6 Å². The summed E-state index contributed by atoms with van der Waals surface area (Å²) >= 11 is 0. The van der Waals surface area contributed by atoms with Crippen LogP contribution in [0.5, 0.6) is 0 Å². The van der Waals surface area contributed by atoms with E-state index in [1.54, 1.807) is 12.1 Å². The summed E-state index contributed by atoms with van der Waals surface area (Å²) in [5.74, 6) is -0.770. The van der Waals surface area contributed by atoms with E-state index in [0.717, 1.165) is 0 Å². The van der Waals surface area contributed by atoms with Gasteiger partial charge in [-0.05, 0) is 30.9 Å². The van der Waals surface area contributed by atoms with Gasteiger partial charge in [-0.25, -0.2) is 0 Å². The Labute approximate surface area is 146 Å². The molecule has 0 aromatic heterocycles. The first-order valence-electron chi connectivity index (χ1n) is 8.25. The molecule has 25 heavy (non-hydrogen) atoms. The van der Waals surface area contributed by atoms with Crippen molar-refractivity contribution in [2.75, 3.05) is 6.54 Å². The van der Waals surface area contributed by atoms with Crippen molar-refractivity contribution in [3.8, 4) is 0 Å². The molecule has 0 unspecified atom stereocenters. The van der Waals surface area contributed by atoms with Crippen LogP contribution < -0.4 is 10.6 Å². The Morgan fingerprint density at radius 2 is 2.04 bits per heavy atom. The van der Waals surface area contributed by atoms with Crippen LogP contribution in [0.4, 0.5) is 5.69 Å². The van der Waals surface area contributed by atoms with Crippen LogP contribution in [-0.2, 0) is 16.1 Å². The van der Waals surface area contributed by atoms with Crippen LogP contribution in [0.3, 0.4) is 0 Å². The normalized spacial score (nSPS) is 12.0. The molecule has 0 saturated heterocycles. The summed E-state index contributed by atoms with van der Waals surface area (Å²) < 4.78 is 0. The zero-order valence-corrected chi connectivity index (χ0v) is 14.5. The molecule has 0 aliphatic carbocycles. The lowest BCUT2D eigenvalue weighted by Gasteiger charge is -2.20. The van der Waals surface area contributed by atoms with E-state index in [9.17, 15) is 19.7 Å². The van der Waals surface area contributed by atoms with Crippen LogP contribution in [0.1, 0.15) is 38.7 Å². The minimum atomic E-state index is -0.864. The number of nitrogens with one attached hydrogen (secondary N) is 2. The van der Waals surface area contributed by atoms with Gasteiger partial charge in [0, 0.05) is 25.1 Å². The molecule has 0 aliphatic rings. The number of hydrogen-bond acceptors (Lipinski definition) is 5. The molecule has 0 saturated carbocycles. The third kappa shape index (κ3) is 8.25. The maximum Gasteiger partial charge on any atom is 0.303 e. The molecule has 8 nitrogen and oxygen atoms in total. The number of benzene rings is 1. The van der Waals surface area contributed by atoms with Crippen LogP contribution in [0.15, 0.2) is 24.3 Å². The van der Waals surface area contributed by atoms with Crippen molar-refractivity contribution in [1.29, 1.82) is 0 Å². The number of aliphatic carboxylic acids is 1. The molecule has 0 radical (unpaired) electrons. The van der Waals surface area contributed by atoms with Gasteiger partial charge in [-0.1, -0.05) is 26.0 Å². The SMILES string of the molecule is CC(C)C[C@H](NCCCC(=O)O)C(=O)NCc1cccc([N+](=O)[O-])c1. The Morgan fingerprint density at radius 3 is 2.64 bits per heavy atom. The molecular formula is C17H25N3O5. The molecule has 8 heteroatoms. The molecule has 0 bridgehead atoms. The zero-order chi connectivity index (χ0) is 18.8. The van der Waals surface area contributed by atoms with E-state index in [0.29, 0.717) is 30.9 Å². The highest BCUT2D eigenvalue weighted by atomic mass is 16.6. The van der Waals surface area contributed by atoms with Gasteiger partial charge in [0.1, 0.15) is 0 Å². The standard InChI is InChI=1S/C17H25N3O5/c1-12(2)9-15(18-8-4-7-16(21)22)17(23)19-11-13-5-3-6-14(10-13)20(24)25/h3,5-6,10,12,15,18H,4,7-9,11H2,1-2H3,(H,19,23)(H,21,22)/t15-/m0/s1. The number of non-ortho nitro benzene ring substituents is 1. The Bertz CT molecular complexity index is 604. The van der Waals surface area contributed by atoms with E-state index in [1.807, 2.05) is 13.8 Å². The highest BCUT2D eigenvalue weighted by Crippen LogP contribution is 2.13. The predicted octanol–water partition coefficient (Wildman–Crippen LogP) is 2.08. The first kappa shape index (κ1) is 20.6. The Hall–Kier alpha value is -2.48. The van der Waals surface area contributed by atoms with Crippen molar-refractivity contribution in [2.24, 2.45) is 5.92 Å². The van der Waals surface area contributed by atoms with E-state index >= 15 is 0 Å². The highest BCUT2D eigenvalue weighted by Gasteiger charge is 2.19. The van der Waals surface area contributed by atoms with E-state index < -0.39 is 16.9 Å². The van der Waals surface area contributed by atoms with Crippen LogP contribution >= 0.6 is 0 Å². The summed E-state index contributed by atoms with van der Waals surface area (Å²) in [6.07, 6.45) is 1.12. The second-order valence-electron chi connectivity index (χ2n) is 6.28. The van der Waals surface area contributed by atoms with Gasteiger partial charge in [-0.3, -0.25) is 19.7 Å². The van der Waals surface area contributed by atoms with Gasteiger partial charge in [0.05, 0.1) is 11.0 Å². The van der Waals surface area contributed by atoms with Crippen molar-refractivity contribution in [2.45, 2.75) is 45.7 Å². The minimum Gasteiger partial charge on any atom is -0.481 e. The average Bonchev–Trinajstić information content (AvgIpc) is 2.55. The number of nitro benzene ring substituents is 1. The molecule has 1 rings (SSSR count). The third-order valence-corrected chi connectivity index (χ3v) is 3.57. The summed E-state index contributed by atoms with van der Waals surface area (Å²) in [4.78, 5) is 33.2. The zero-order valence-electron chi connectivity index (χ0n) is 14.5. The topological polar surface area (TPSA) is 122 Å². The Kier molecular flexibility index (Phi) is 8.55. The van der Waals surface area contributed by atoms with Gasteiger partial charge in [0.15, 0.2) is 0 Å². The number of carbonyl (C=O) groups is 2. The fourth-order valence-electron chi connectivity index (χ4n) is 2.36. The first-order chi connectivity index (χ1) is 11.8. The summed E-state index contributed by atoms with van der Waals surface area (Å²) in [5.41, 5.74) is 0.633. The highest BCUT2D eigenvalue weighted by molar-refractivity contribution is 5.81. The van der Waals surface area contributed by atoms with Crippen molar-refractivity contribution in [3.63, 3.8) is 0 Å². The first-order valence-corrected chi connectivity index (χ1v) is 8.25. The summed E-state index contributed by atoms with van der Waals surface area (Å²) in [5, 5.41) is 25.3. The van der Waals surface area contributed by atoms with Crippen LogP contribution in [-0.4, -0.2) is 34.5 Å². The molecule has 1 atom stereocenters. The monoisotopic (exact) mass is 351 g/mol. The number of carbonyl (C=O) groups excluding carboxylic acids is 1. The molecule has 138 valence electrons. The molecule has 0 spiro atoms. The van der Waals surface area contributed by atoms with Crippen molar-refractivity contribution in [1.82, 2.24) is 10.6 Å². The smallest absolute Gasteiger partial charge is 0.303 e. The quantitative estimate of drug-likeness (QED) is 0.319. The number of amides is 1. The van der Waals surface area contributed by atoms with E-state index in [4.69, 9.17) is 5.11 Å². The summed E-state index contributed by atoms with van der Waals surface area (Å²) in [7, 11) is 0. The molecule has 1 amide bonds. The number of nitro groups is 1. The Balaban J connectivity index is 2.57. The number of hydrogen-bond donors (Lipinski definition) is 3. The Morgan fingerprint density at radius 1 is 1.32 bits per heavy atom.